The molecule has 0 radical (unpaired) electrons. The number of fused-ring (bicyclic) bond motifs is 1. The van der Waals surface area contributed by atoms with E-state index in [-0.39, 0.29) is 44.6 Å². The SMILES string of the molecule is COCOC[C@@]1(C)O[C@H]2CC[C@@](C)(O[Si](C)(C)C)[C@H](C/C=C/CO)O[C@@H]2C[C@@H]1OCOC. The van der Waals surface area contributed by atoms with Crippen molar-refractivity contribution in [3.05, 3.63) is 12.2 Å². The summed E-state index contributed by atoms with van der Waals surface area (Å²) in [6.45, 7) is 11.5. The van der Waals surface area contributed by atoms with Crippen LogP contribution in [0.1, 0.15) is 39.5 Å². The van der Waals surface area contributed by atoms with Gasteiger partial charge in [0.15, 0.2) is 8.32 Å². The molecule has 8 nitrogen and oxygen atoms in total. The number of ether oxygens (including phenoxy) is 6. The van der Waals surface area contributed by atoms with Gasteiger partial charge in [0.1, 0.15) is 19.2 Å². The van der Waals surface area contributed by atoms with Gasteiger partial charge in [0.05, 0.1) is 43.2 Å². The van der Waals surface area contributed by atoms with Gasteiger partial charge in [-0.25, -0.2) is 0 Å². The van der Waals surface area contributed by atoms with Crippen molar-refractivity contribution in [1.29, 1.82) is 0 Å². The minimum absolute atomic E-state index is 0.0141. The van der Waals surface area contributed by atoms with Crippen LogP contribution < -0.4 is 0 Å². The maximum absolute atomic E-state index is 9.20. The molecule has 2 aliphatic heterocycles. The first-order valence-electron chi connectivity index (χ1n) is 11.5. The first kappa shape index (κ1) is 27.9. The molecule has 0 unspecified atom stereocenters. The molecule has 32 heavy (non-hydrogen) atoms. The Kier molecular flexibility index (Phi) is 10.8. The van der Waals surface area contributed by atoms with E-state index >= 15 is 0 Å². The van der Waals surface area contributed by atoms with E-state index in [9.17, 15) is 5.11 Å². The van der Waals surface area contributed by atoms with Gasteiger partial charge in [-0.15, -0.1) is 0 Å². The number of aliphatic hydroxyl groups excluding tert-OH is 1. The quantitative estimate of drug-likeness (QED) is 0.199. The van der Waals surface area contributed by atoms with Crippen LogP contribution in [-0.4, -0.2) is 90.1 Å². The first-order chi connectivity index (χ1) is 15.1. The van der Waals surface area contributed by atoms with Crippen LogP contribution in [0.5, 0.6) is 0 Å². The zero-order valence-electron chi connectivity index (χ0n) is 20.9. The van der Waals surface area contributed by atoms with Crippen molar-refractivity contribution >= 4 is 8.32 Å². The highest BCUT2D eigenvalue weighted by molar-refractivity contribution is 6.69. The Balaban J connectivity index is 2.26. The lowest BCUT2D eigenvalue weighted by Crippen LogP contribution is -2.58. The van der Waals surface area contributed by atoms with Gasteiger partial charge in [-0.3, -0.25) is 0 Å². The summed E-state index contributed by atoms with van der Waals surface area (Å²) in [7, 11) is 1.38. The Morgan fingerprint density at radius 1 is 1.06 bits per heavy atom. The van der Waals surface area contributed by atoms with E-state index in [1.54, 1.807) is 20.3 Å². The van der Waals surface area contributed by atoms with E-state index < -0.39 is 19.5 Å². The molecule has 0 bridgehead atoms. The molecule has 1 N–H and O–H groups in total. The van der Waals surface area contributed by atoms with Crippen LogP contribution in [-0.2, 0) is 32.8 Å². The molecule has 2 heterocycles. The molecule has 0 saturated carbocycles. The van der Waals surface area contributed by atoms with Crippen molar-refractivity contribution in [3.63, 3.8) is 0 Å². The predicted octanol–water partition coefficient (Wildman–Crippen LogP) is 3.24. The molecule has 0 aliphatic carbocycles. The molecule has 0 spiro atoms. The molecule has 2 saturated heterocycles. The van der Waals surface area contributed by atoms with Crippen molar-refractivity contribution in [2.24, 2.45) is 0 Å². The Bertz CT molecular complexity index is 583. The molecule has 2 fully saturated rings. The molecular formula is C23H44O8Si. The standard InChI is InChI=1S/C23H44O8Si/c1-22(31-32(5,6)7)12-11-18-19(29-20(22)10-8-9-13-24)14-21(28-17-26-4)23(2,30-18)15-27-16-25-3/h8-9,18-21,24H,10-17H2,1-7H3/b9-8+/t18-,19+,20-,21-,22+,23+/m0/s1. The monoisotopic (exact) mass is 476 g/mol. The van der Waals surface area contributed by atoms with Gasteiger partial charge in [0.2, 0.25) is 0 Å². The van der Waals surface area contributed by atoms with Gasteiger partial charge in [0.25, 0.3) is 0 Å². The fourth-order valence-corrected chi connectivity index (χ4v) is 6.34. The molecule has 0 aromatic carbocycles. The summed E-state index contributed by atoms with van der Waals surface area (Å²) < 4.78 is 41.9. The van der Waals surface area contributed by atoms with Crippen molar-refractivity contribution in [3.8, 4) is 0 Å². The number of hydrogen-bond acceptors (Lipinski definition) is 8. The Labute approximate surface area is 194 Å². The van der Waals surface area contributed by atoms with Gasteiger partial charge in [-0.1, -0.05) is 12.2 Å². The molecule has 6 atom stereocenters. The number of methoxy groups -OCH3 is 2. The van der Waals surface area contributed by atoms with E-state index in [2.05, 4.69) is 26.6 Å². The molecule has 9 heteroatoms. The van der Waals surface area contributed by atoms with E-state index in [0.717, 1.165) is 12.8 Å². The summed E-state index contributed by atoms with van der Waals surface area (Å²) in [5, 5.41) is 9.20. The maximum Gasteiger partial charge on any atom is 0.184 e. The lowest BCUT2D eigenvalue weighted by molar-refractivity contribution is -0.275. The molecular weight excluding hydrogens is 432 g/mol. The van der Waals surface area contributed by atoms with Gasteiger partial charge < -0.3 is 38.0 Å². The second-order valence-corrected chi connectivity index (χ2v) is 14.6. The van der Waals surface area contributed by atoms with Crippen molar-refractivity contribution in [2.75, 3.05) is 41.0 Å². The molecule has 0 aromatic rings. The minimum Gasteiger partial charge on any atom is -0.410 e. The minimum atomic E-state index is -1.83. The number of rotatable bonds is 12. The molecule has 188 valence electrons. The van der Waals surface area contributed by atoms with Crippen molar-refractivity contribution in [2.45, 2.75) is 94.8 Å². The molecule has 0 amide bonds. The Hall–Kier alpha value is -0.363. The van der Waals surface area contributed by atoms with Crippen LogP contribution in [0.15, 0.2) is 12.2 Å². The summed E-state index contributed by atoms with van der Waals surface area (Å²) >= 11 is 0. The van der Waals surface area contributed by atoms with Crippen LogP contribution in [0.4, 0.5) is 0 Å². The lowest BCUT2D eigenvalue weighted by atomic mass is 9.86. The van der Waals surface area contributed by atoms with Gasteiger partial charge in [-0.2, -0.15) is 0 Å². The molecule has 0 aromatic heterocycles. The fraction of sp³-hybridized carbons (Fsp3) is 0.913. The summed E-state index contributed by atoms with van der Waals surface area (Å²) in [5.74, 6) is 0. The summed E-state index contributed by atoms with van der Waals surface area (Å²) in [6, 6.07) is 0. The molecule has 2 aliphatic rings. The van der Waals surface area contributed by atoms with Crippen LogP contribution in [0.25, 0.3) is 0 Å². The molecule has 2 rings (SSSR count). The second-order valence-electron chi connectivity index (χ2n) is 10.1. The fourth-order valence-electron chi connectivity index (χ4n) is 4.71. The predicted molar refractivity (Wildman–Crippen MR) is 124 cm³/mol. The lowest BCUT2D eigenvalue weighted by Gasteiger charge is -2.47. The summed E-state index contributed by atoms with van der Waals surface area (Å²) in [4.78, 5) is 0. The summed E-state index contributed by atoms with van der Waals surface area (Å²) in [5.41, 5.74) is -1.08. The Morgan fingerprint density at radius 3 is 2.41 bits per heavy atom. The van der Waals surface area contributed by atoms with E-state index in [1.807, 2.05) is 13.0 Å². The first-order valence-corrected chi connectivity index (χ1v) is 14.9. The largest absolute Gasteiger partial charge is 0.410 e. The number of hydrogen-bond donors (Lipinski definition) is 1. The normalized spacial score (nSPS) is 36.2. The topological polar surface area (TPSA) is 84.8 Å². The van der Waals surface area contributed by atoms with Crippen molar-refractivity contribution < 1.29 is 38.0 Å². The highest BCUT2D eigenvalue weighted by atomic mass is 28.4. The van der Waals surface area contributed by atoms with E-state index in [1.165, 1.54) is 0 Å². The highest BCUT2D eigenvalue weighted by Crippen LogP contribution is 2.42. The average molecular weight is 477 g/mol. The number of aliphatic hydroxyl groups is 1. The smallest absolute Gasteiger partial charge is 0.184 e. The van der Waals surface area contributed by atoms with Gasteiger partial charge >= 0.3 is 0 Å². The van der Waals surface area contributed by atoms with E-state index in [0.29, 0.717) is 19.4 Å². The van der Waals surface area contributed by atoms with Crippen LogP contribution in [0.3, 0.4) is 0 Å². The van der Waals surface area contributed by atoms with Crippen molar-refractivity contribution in [1.82, 2.24) is 0 Å². The zero-order chi connectivity index (χ0) is 23.8. The van der Waals surface area contributed by atoms with Crippen LogP contribution in [0, 0.1) is 0 Å². The highest BCUT2D eigenvalue weighted by Gasteiger charge is 2.52. The zero-order valence-corrected chi connectivity index (χ0v) is 21.9. The van der Waals surface area contributed by atoms with Crippen LogP contribution >= 0.6 is 0 Å². The average Bonchev–Trinajstić information content (AvgIpc) is 2.82. The van der Waals surface area contributed by atoms with Crippen LogP contribution in [0.2, 0.25) is 19.6 Å². The second kappa shape index (κ2) is 12.4. The maximum atomic E-state index is 9.20. The third-order valence-corrected chi connectivity index (χ3v) is 7.13. The van der Waals surface area contributed by atoms with Gasteiger partial charge in [0, 0.05) is 20.6 Å². The third kappa shape index (κ3) is 7.85. The third-order valence-electron chi connectivity index (χ3n) is 6.05. The van der Waals surface area contributed by atoms with Gasteiger partial charge in [-0.05, 0) is 52.8 Å². The van der Waals surface area contributed by atoms with E-state index in [4.69, 9.17) is 32.8 Å². The summed E-state index contributed by atoms with van der Waals surface area (Å²) in [6.07, 6.45) is 6.10. The Morgan fingerprint density at radius 2 is 1.78 bits per heavy atom.